The SMILES string of the molecule is COc1ccc(OC)c(N=C[C@H]2C(=O)NC(=O)N(c3ccc(I)cc3)C2=O)c1. The van der Waals surface area contributed by atoms with E-state index in [9.17, 15) is 14.4 Å². The van der Waals surface area contributed by atoms with Crippen molar-refractivity contribution in [3.63, 3.8) is 0 Å². The van der Waals surface area contributed by atoms with Gasteiger partial charge in [-0.25, -0.2) is 9.69 Å². The minimum Gasteiger partial charge on any atom is -0.497 e. The van der Waals surface area contributed by atoms with E-state index in [4.69, 9.17) is 9.47 Å². The molecule has 1 heterocycles. The van der Waals surface area contributed by atoms with Crippen LogP contribution in [-0.2, 0) is 9.59 Å². The number of carbonyl (C=O) groups is 3. The van der Waals surface area contributed by atoms with Crippen LogP contribution in [0.15, 0.2) is 47.5 Å². The third-order valence-corrected chi connectivity index (χ3v) is 4.75. The molecule has 1 aliphatic heterocycles. The molecule has 1 aliphatic rings. The molecule has 1 atom stereocenters. The minimum atomic E-state index is -1.26. The van der Waals surface area contributed by atoms with Crippen molar-refractivity contribution in [2.75, 3.05) is 19.1 Å². The van der Waals surface area contributed by atoms with Crippen LogP contribution in [0.4, 0.5) is 16.2 Å². The summed E-state index contributed by atoms with van der Waals surface area (Å²) < 4.78 is 11.3. The predicted molar refractivity (Wildman–Crippen MR) is 111 cm³/mol. The lowest BCUT2D eigenvalue weighted by Crippen LogP contribution is -2.58. The first kappa shape index (κ1) is 19.8. The van der Waals surface area contributed by atoms with Gasteiger partial charge in [-0.1, -0.05) is 0 Å². The molecule has 9 heteroatoms. The highest BCUT2D eigenvalue weighted by atomic mass is 127. The summed E-state index contributed by atoms with van der Waals surface area (Å²) in [6.45, 7) is 0. The highest BCUT2D eigenvalue weighted by Gasteiger charge is 2.40. The number of benzene rings is 2. The number of ether oxygens (including phenoxy) is 2. The number of barbiturate groups is 1. The summed E-state index contributed by atoms with van der Waals surface area (Å²) in [5.74, 6) is -1.68. The van der Waals surface area contributed by atoms with E-state index in [-0.39, 0.29) is 0 Å². The fourth-order valence-electron chi connectivity index (χ4n) is 2.61. The van der Waals surface area contributed by atoms with E-state index in [1.165, 1.54) is 20.4 Å². The summed E-state index contributed by atoms with van der Waals surface area (Å²) >= 11 is 2.12. The van der Waals surface area contributed by atoms with Gasteiger partial charge in [-0.3, -0.25) is 19.9 Å². The maximum absolute atomic E-state index is 12.8. The number of amides is 4. The minimum absolute atomic E-state index is 0.368. The van der Waals surface area contributed by atoms with Gasteiger partial charge in [-0.15, -0.1) is 0 Å². The molecule has 1 saturated heterocycles. The lowest BCUT2D eigenvalue weighted by atomic mass is 10.1. The summed E-state index contributed by atoms with van der Waals surface area (Å²) in [5, 5.41) is 2.19. The zero-order valence-electron chi connectivity index (χ0n) is 15.0. The largest absolute Gasteiger partial charge is 0.497 e. The second kappa shape index (κ2) is 8.38. The van der Waals surface area contributed by atoms with Gasteiger partial charge in [-0.05, 0) is 59.0 Å². The van der Waals surface area contributed by atoms with E-state index in [1.54, 1.807) is 42.5 Å². The number of carbonyl (C=O) groups excluding carboxylic acids is 3. The second-order valence-corrected chi connectivity index (χ2v) is 6.98. The van der Waals surface area contributed by atoms with E-state index in [1.807, 2.05) is 0 Å². The third kappa shape index (κ3) is 3.98. The van der Waals surface area contributed by atoms with Crippen LogP contribution in [0, 0.1) is 9.49 Å². The van der Waals surface area contributed by atoms with Crippen molar-refractivity contribution in [1.82, 2.24) is 5.32 Å². The number of urea groups is 1. The Morgan fingerprint density at radius 3 is 2.43 bits per heavy atom. The first-order chi connectivity index (χ1) is 13.4. The molecular formula is C19H16IN3O5. The zero-order valence-corrected chi connectivity index (χ0v) is 17.2. The van der Waals surface area contributed by atoms with Crippen LogP contribution in [-0.4, -0.2) is 38.3 Å². The van der Waals surface area contributed by atoms with Crippen molar-refractivity contribution < 1.29 is 23.9 Å². The monoisotopic (exact) mass is 493 g/mol. The van der Waals surface area contributed by atoms with Crippen LogP contribution < -0.4 is 19.7 Å². The maximum atomic E-state index is 12.8. The molecular weight excluding hydrogens is 477 g/mol. The number of imide groups is 2. The van der Waals surface area contributed by atoms with Gasteiger partial charge in [0, 0.05) is 15.9 Å². The van der Waals surface area contributed by atoms with E-state index in [0.29, 0.717) is 22.9 Å². The normalized spacial score (nSPS) is 17.0. The summed E-state index contributed by atoms with van der Waals surface area (Å²) in [5.41, 5.74) is 0.757. The average Bonchev–Trinajstić information content (AvgIpc) is 2.68. The molecule has 2 aromatic rings. The van der Waals surface area contributed by atoms with Crippen LogP contribution in [0.2, 0.25) is 0 Å². The summed E-state index contributed by atoms with van der Waals surface area (Å²) in [7, 11) is 2.99. The highest BCUT2D eigenvalue weighted by molar-refractivity contribution is 14.1. The molecule has 0 aliphatic carbocycles. The molecule has 144 valence electrons. The number of aliphatic imine (C=N–C) groups is 1. The van der Waals surface area contributed by atoms with Gasteiger partial charge >= 0.3 is 6.03 Å². The van der Waals surface area contributed by atoms with E-state index in [2.05, 4.69) is 32.9 Å². The van der Waals surface area contributed by atoms with Gasteiger partial charge in [0.2, 0.25) is 5.91 Å². The predicted octanol–water partition coefficient (Wildman–Crippen LogP) is 2.91. The van der Waals surface area contributed by atoms with Crippen molar-refractivity contribution in [1.29, 1.82) is 0 Å². The Balaban J connectivity index is 1.92. The Morgan fingerprint density at radius 1 is 1.07 bits per heavy atom. The number of hydrogen-bond acceptors (Lipinski definition) is 6. The van der Waals surface area contributed by atoms with Crippen molar-refractivity contribution in [2.24, 2.45) is 10.9 Å². The molecule has 0 unspecified atom stereocenters. The smallest absolute Gasteiger partial charge is 0.335 e. The third-order valence-electron chi connectivity index (χ3n) is 4.04. The Hall–Kier alpha value is -2.95. The molecule has 1 fully saturated rings. The second-order valence-electron chi connectivity index (χ2n) is 5.74. The van der Waals surface area contributed by atoms with Gasteiger partial charge in [0.25, 0.3) is 5.91 Å². The Labute approximate surface area is 174 Å². The molecule has 2 aromatic carbocycles. The average molecular weight is 493 g/mol. The van der Waals surface area contributed by atoms with Crippen molar-refractivity contribution in [3.8, 4) is 11.5 Å². The maximum Gasteiger partial charge on any atom is 0.335 e. The molecule has 0 aromatic heterocycles. The Bertz CT molecular complexity index is 959. The van der Waals surface area contributed by atoms with Crippen LogP contribution >= 0.6 is 22.6 Å². The number of rotatable bonds is 5. The number of methoxy groups -OCH3 is 2. The molecule has 4 amide bonds. The van der Waals surface area contributed by atoms with Gasteiger partial charge in [0.15, 0.2) is 5.92 Å². The Morgan fingerprint density at radius 2 is 1.79 bits per heavy atom. The topological polar surface area (TPSA) is 97.3 Å². The fourth-order valence-corrected chi connectivity index (χ4v) is 2.97. The first-order valence-electron chi connectivity index (χ1n) is 8.15. The number of anilines is 1. The molecule has 28 heavy (non-hydrogen) atoms. The van der Waals surface area contributed by atoms with Crippen molar-refractivity contribution in [2.45, 2.75) is 0 Å². The van der Waals surface area contributed by atoms with Crippen LogP contribution in [0.3, 0.4) is 0 Å². The number of nitrogens with one attached hydrogen (secondary N) is 1. The van der Waals surface area contributed by atoms with E-state index in [0.717, 1.165) is 8.47 Å². The zero-order chi connectivity index (χ0) is 20.3. The quantitative estimate of drug-likeness (QED) is 0.393. The van der Waals surface area contributed by atoms with Crippen molar-refractivity contribution in [3.05, 3.63) is 46.0 Å². The first-order valence-corrected chi connectivity index (χ1v) is 9.23. The Kier molecular flexibility index (Phi) is 5.93. The molecule has 1 N–H and O–H groups in total. The lowest BCUT2D eigenvalue weighted by Gasteiger charge is -2.28. The number of nitrogens with zero attached hydrogens (tertiary/aromatic N) is 2. The van der Waals surface area contributed by atoms with Crippen LogP contribution in [0.25, 0.3) is 0 Å². The molecule has 3 rings (SSSR count). The summed E-state index contributed by atoms with van der Waals surface area (Å²) in [6, 6.07) is 11.0. The summed E-state index contributed by atoms with van der Waals surface area (Å²) in [6.07, 6.45) is 1.20. The lowest BCUT2D eigenvalue weighted by molar-refractivity contribution is -0.131. The molecule has 8 nitrogen and oxygen atoms in total. The van der Waals surface area contributed by atoms with Crippen LogP contribution in [0.1, 0.15) is 0 Å². The van der Waals surface area contributed by atoms with Crippen LogP contribution in [0.5, 0.6) is 11.5 Å². The standard InChI is InChI=1S/C19H16IN3O5/c1-27-13-7-8-16(28-2)15(9-13)21-10-14-17(24)22-19(26)23(18(14)25)12-5-3-11(20)4-6-12/h3-10,14H,1-2H3,(H,22,24,26)/t14-/m0/s1. The van der Waals surface area contributed by atoms with E-state index < -0.39 is 23.8 Å². The van der Waals surface area contributed by atoms with E-state index >= 15 is 0 Å². The molecule has 0 spiro atoms. The van der Waals surface area contributed by atoms with Crippen molar-refractivity contribution >= 4 is 58.0 Å². The fraction of sp³-hybridized carbons (Fsp3) is 0.158. The van der Waals surface area contributed by atoms with Gasteiger partial charge in [0.1, 0.15) is 17.2 Å². The van der Waals surface area contributed by atoms with Gasteiger partial charge < -0.3 is 9.47 Å². The van der Waals surface area contributed by atoms with Gasteiger partial charge in [0.05, 0.1) is 19.9 Å². The summed E-state index contributed by atoms with van der Waals surface area (Å²) in [4.78, 5) is 42.4. The highest BCUT2D eigenvalue weighted by Crippen LogP contribution is 2.31. The van der Waals surface area contributed by atoms with Gasteiger partial charge in [-0.2, -0.15) is 0 Å². The molecule has 0 bridgehead atoms. The molecule has 0 radical (unpaired) electrons. The molecule has 0 saturated carbocycles. The number of hydrogen-bond donors (Lipinski definition) is 1. The number of halogens is 1.